The van der Waals surface area contributed by atoms with Gasteiger partial charge in [0.15, 0.2) is 0 Å². The number of hydrogen-bond acceptors (Lipinski definition) is 4. The fourth-order valence-electron chi connectivity index (χ4n) is 2.57. The summed E-state index contributed by atoms with van der Waals surface area (Å²) in [4.78, 5) is 2.55. The molecule has 1 saturated heterocycles. The van der Waals surface area contributed by atoms with Crippen LogP contribution >= 0.6 is 0 Å². The Morgan fingerprint density at radius 3 is 3.06 bits per heavy atom. The Balaban J connectivity index is 1.90. The van der Waals surface area contributed by atoms with Gasteiger partial charge < -0.3 is 15.2 Å². The molecule has 4 heteroatoms. The summed E-state index contributed by atoms with van der Waals surface area (Å²) in [6.07, 6.45) is 3.58. The third kappa shape index (κ3) is 3.30. The molecule has 0 saturated carbocycles. The number of rotatable bonds is 4. The van der Waals surface area contributed by atoms with Crippen molar-refractivity contribution < 1.29 is 4.52 Å². The lowest BCUT2D eigenvalue weighted by atomic mass is 9.93. The van der Waals surface area contributed by atoms with Crippen molar-refractivity contribution in [1.82, 2.24) is 10.1 Å². The molecule has 0 aliphatic carbocycles. The van der Waals surface area contributed by atoms with Gasteiger partial charge >= 0.3 is 0 Å². The van der Waals surface area contributed by atoms with Crippen molar-refractivity contribution >= 4 is 0 Å². The molecular formula is C13H23N3O. The molecular weight excluding hydrogens is 214 g/mol. The van der Waals surface area contributed by atoms with E-state index in [0.717, 1.165) is 17.9 Å². The van der Waals surface area contributed by atoms with Gasteiger partial charge in [0.2, 0.25) is 0 Å². The van der Waals surface area contributed by atoms with Gasteiger partial charge in [0, 0.05) is 31.6 Å². The summed E-state index contributed by atoms with van der Waals surface area (Å²) < 4.78 is 5.31. The zero-order valence-electron chi connectivity index (χ0n) is 10.9. The van der Waals surface area contributed by atoms with Gasteiger partial charge in [-0.15, -0.1) is 0 Å². The maximum absolute atomic E-state index is 5.53. The maximum Gasteiger partial charge on any atom is 0.137 e. The smallest absolute Gasteiger partial charge is 0.137 e. The van der Waals surface area contributed by atoms with Crippen molar-refractivity contribution in [3.05, 3.63) is 17.5 Å². The Kier molecular flexibility index (Phi) is 4.18. The minimum Gasteiger partial charge on any atom is -0.361 e. The molecule has 0 bridgehead atoms. The Labute approximate surface area is 103 Å². The number of nitrogens with two attached hydrogens (primary N) is 1. The summed E-state index contributed by atoms with van der Waals surface area (Å²) in [7, 11) is 0. The standard InChI is InChI=1S/C13H23N3O/c1-10(2)16-5-3-4-11(9-16)6-13-7-12(8-14)15-17-13/h7,10-11H,3-6,8-9,14H2,1-2H3. The molecule has 1 aromatic rings. The molecule has 1 aliphatic heterocycles. The van der Waals surface area contributed by atoms with E-state index in [1.165, 1.54) is 25.9 Å². The third-order valence-electron chi connectivity index (χ3n) is 3.59. The average molecular weight is 237 g/mol. The van der Waals surface area contributed by atoms with Crippen LogP contribution in [0, 0.1) is 5.92 Å². The highest BCUT2D eigenvalue weighted by Gasteiger charge is 2.22. The lowest BCUT2D eigenvalue weighted by molar-refractivity contribution is 0.135. The van der Waals surface area contributed by atoms with Crippen molar-refractivity contribution in [3.63, 3.8) is 0 Å². The second-order valence-electron chi connectivity index (χ2n) is 5.29. The first-order valence-corrected chi connectivity index (χ1v) is 6.57. The van der Waals surface area contributed by atoms with Crippen molar-refractivity contribution in [2.24, 2.45) is 11.7 Å². The number of nitrogens with zero attached hydrogens (tertiary/aromatic N) is 2. The monoisotopic (exact) mass is 237 g/mol. The van der Waals surface area contributed by atoms with Gasteiger partial charge in [-0.05, 0) is 39.2 Å². The lowest BCUT2D eigenvalue weighted by Crippen LogP contribution is -2.40. The summed E-state index contributed by atoms with van der Waals surface area (Å²) in [5, 5.41) is 3.94. The predicted molar refractivity (Wildman–Crippen MR) is 67.5 cm³/mol. The van der Waals surface area contributed by atoms with E-state index in [9.17, 15) is 0 Å². The molecule has 2 heterocycles. The van der Waals surface area contributed by atoms with Crippen LogP contribution in [0.4, 0.5) is 0 Å². The first-order chi connectivity index (χ1) is 8.19. The molecule has 0 spiro atoms. The predicted octanol–water partition coefficient (Wildman–Crippen LogP) is 1.80. The number of hydrogen-bond donors (Lipinski definition) is 1. The zero-order valence-corrected chi connectivity index (χ0v) is 10.9. The Hall–Kier alpha value is -0.870. The van der Waals surface area contributed by atoms with Crippen molar-refractivity contribution in [3.8, 4) is 0 Å². The van der Waals surface area contributed by atoms with E-state index in [0.29, 0.717) is 18.5 Å². The Morgan fingerprint density at radius 2 is 2.41 bits per heavy atom. The molecule has 2 N–H and O–H groups in total. The quantitative estimate of drug-likeness (QED) is 0.867. The fraction of sp³-hybridized carbons (Fsp3) is 0.769. The summed E-state index contributed by atoms with van der Waals surface area (Å²) >= 11 is 0. The summed E-state index contributed by atoms with van der Waals surface area (Å²) in [6.45, 7) is 7.41. The molecule has 0 aromatic carbocycles. The lowest BCUT2D eigenvalue weighted by Gasteiger charge is -2.35. The van der Waals surface area contributed by atoms with Crippen LogP contribution in [0.5, 0.6) is 0 Å². The van der Waals surface area contributed by atoms with Gasteiger partial charge in [0.25, 0.3) is 0 Å². The summed E-state index contributed by atoms with van der Waals surface area (Å²) in [5.74, 6) is 1.69. The third-order valence-corrected chi connectivity index (χ3v) is 3.59. The molecule has 1 atom stereocenters. The maximum atomic E-state index is 5.53. The van der Waals surface area contributed by atoms with E-state index in [-0.39, 0.29) is 0 Å². The molecule has 2 rings (SSSR count). The van der Waals surface area contributed by atoms with E-state index in [1.54, 1.807) is 0 Å². The summed E-state index contributed by atoms with van der Waals surface area (Å²) in [6, 6.07) is 2.64. The number of aromatic nitrogens is 1. The van der Waals surface area contributed by atoms with Crippen molar-refractivity contribution in [2.45, 2.75) is 45.7 Å². The second-order valence-corrected chi connectivity index (χ2v) is 5.29. The zero-order chi connectivity index (χ0) is 12.3. The SMILES string of the molecule is CC(C)N1CCCC(Cc2cc(CN)no2)C1. The first kappa shape index (κ1) is 12.6. The minimum atomic E-state index is 0.465. The van der Waals surface area contributed by atoms with Gasteiger partial charge in [-0.2, -0.15) is 0 Å². The van der Waals surface area contributed by atoms with Gasteiger partial charge in [0.05, 0.1) is 5.69 Å². The molecule has 1 unspecified atom stereocenters. The van der Waals surface area contributed by atoms with E-state index in [2.05, 4.69) is 23.9 Å². The van der Waals surface area contributed by atoms with E-state index in [1.807, 2.05) is 6.07 Å². The normalized spacial score (nSPS) is 22.2. The Morgan fingerprint density at radius 1 is 1.59 bits per heavy atom. The first-order valence-electron chi connectivity index (χ1n) is 6.57. The van der Waals surface area contributed by atoms with Gasteiger partial charge in [-0.3, -0.25) is 0 Å². The fourth-order valence-corrected chi connectivity index (χ4v) is 2.57. The number of likely N-dealkylation sites (tertiary alicyclic amines) is 1. The highest BCUT2D eigenvalue weighted by atomic mass is 16.5. The van der Waals surface area contributed by atoms with Crippen molar-refractivity contribution in [1.29, 1.82) is 0 Å². The van der Waals surface area contributed by atoms with Crippen LogP contribution in [-0.2, 0) is 13.0 Å². The van der Waals surface area contributed by atoms with Crippen LogP contribution in [0.2, 0.25) is 0 Å². The van der Waals surface area contributed by atoms with E-state index in [4.69, 9.17) is 10.3 Å². The largest absolute Gasteiger partial charge is 0.361 e. The topological polar surface area (TPSA) is 55.3 Å². The molecule has 0 amide bonds. The van der Waals surface area contributed by atoms with Gasteiger partial charge in [-0.1, -0.05) is 5.16 Å². The summed E-state index contributed by atoms with van der Waals surface area (Å²) in [5.41, 5.74) is 6.39. The molecule has 4 nitrogen and oxygen atoms in total. The molecule has 96 valence electrons. The average Bonchev–Trinajstić information content (AvgIpc) is 2.77. The molecule has 1 fully saturated rings. The minimum absolute atomic E-state index is 0.465. The van der Waals surface area contributed by atoms with Crippen LogP contribution in [-0.4, -0.2) is 29.2 Å². The van der Waals surface area contributed by atoms with Crippen LogP contribution in [0.3, 0.4) is 0 Å². The molecule has 1 aliphatic rings. The molecule has 17 heavy (non-hydrogen) atoms. The molecule has 1 aromatic heterocycles. The van der Waals surface area contributed by atoms with Gasteiger partial charge in [0.1, 0.15) is 5.76 Å². The highest BCUT2D eigenvalue weighted by Crippen LogP contribution is 2.22. The van der Waals surface area contributed by atoms with Gasteiger partial charge in [-0.25, -0.2) is 0 Å². The second kappa shape index (κ2) is 5.65. The van der Waals surface area contributed by atoms with Crippen LogP contribution in [0.25, 0.3) is 0 Å². The van der Waals surface area contributed by atoms with Crippen LogP contribution < -0.4 is 5.73 Å². The van der Waals surface area contributed by atoms with Crippen LogP contribution in [0.1, 0.15) is 38.1 Å². The molecule has 0 radical (unpaired) electrons. The highest BCUT2D eigenvalue weighted by molar-refractivity contribution is 5.05. The van der Waals surface area contributed by atoms with E-state index >= 15 is 0 Å². The van der Waals surface area contributed by atoms with Crippen molar-refractivity contribution in [2.75, 3.05) is 13.1 Å². The number of piperidine rings is 1. The Bertz CT molecular complexity index is 348. The van der Waals surface area contributed by atoms with E-state index < -0.39 is 0 Å². The van der Waals surface area contributed by atoms with Crippen LogP contribution in [0.15, 0.2) is 10.6 Å².